The molecule has 0 radical (unpaired) electrons. The Hall–Kier alpha value is -3.49. The van der Waals surface area contributed by atoms with Crippen LogP contribution in [0.1, 0.15) is 15.4 Å². The summed E-state index contributed by atoms with van der Waals surface area (Å²) in [5, 5.41) is 10.7. The van der Waals surface area contributed by atoms with Crippen molar-refractivity contribution in [2.24, 2.45) is 0 Å². The van der Waals surface area contributed by atoms with Crippen LogP contribution in [0.25, 0.3) is 10.6 Å². The van der Waals surface area contributed by atoms with Crippen molar-refractivity contribution >= 4 is 28.7 Å². The highest BCUT2D eigenvalue weighted by Gasteiger charge is 2.32. The standard InChI is InChI=1S/C22H19F4N5O4S/c23-15-3-4-27-11-14(15)21-30-29-20(36-21)10-17(32)13-1-2-18(35-22(24,25)26)16(9-13)28-19(33)12-31-5-7-34-8-6-31/h1-4,9,11H,5-8,10,12H2,(H,28,33). The Balaban J connectivity index is 1.50. The Kier molecular flexibility index (Phi) is 7.86. The Morgan fingerprint density at radius 3 is 2.67 bits per heavy atom. The minimum atomic E-state index is -5.00. The van der Waals surface area contributed by atoms with Crippen molar-refractivity contribution in [3.63, 3.8) is 0 Å². The Labute approximate surface area is 206 Å². The first kappa shape index (κ1) is 25.6. The first-order valence-electron chi connectivity index (χ1n) is 10.6. The third-order valence-corrected chi connectivity index (χ3v) is 6.01. The number of amides is 1. The molecule has 1 fully saturated rings. The molecule has 36 heavy (non-hydrogen) atoms. The molecule has 0 atom stereocenters. The summed E-state index contributed by atoms with van der Waals surface area (Å²) in [4.78, 5) is 30.9. The number of anilines is 1. The van der Waals surface area contributed by atoms with E-state index in [1.54, 1.807) is 4.90 Å². The molecule has 0 bridgehead atoms. The average molecular weight is 525 g/mol. The largest absolute Gasteiger partial charge is 0.573 e. The number of Topliss-reactive ketones (excluding diaryl/α,β-unsaturated/α-hetero) is 1. The number of carbonyl (C=O) groups excluding carboxylic acids is 2. The second kappa shape index (κ2) is 11.1. The fraction of sp³-hybridized carbons (Fsp3) is 0.318. The minimum Gasteiger partial charge on any atom is -0.404 e. The number of benzene rings is 1. The van der Waals surface area contributed by atoms with Crippen molar-refractivity contribution in [3.05, 3.63) is 53.0 Å². The number of pyridine rings is 1. The fourth-order valence-corrected chi connectivity index (χ4v) is 4.22. The van der Waals surface area contributed by atoms with Crippen molar-refractivity contribution in [1.82, 2.24) is 20.1 Å². The summed E-state index contributed by atoms with van der Waals surface area (Å²) in [7, 11) is 0. The lowest BCUT2D eigenvalue weighted by Crippen LogP contribution is -2.41. The van der Waals surface area contributed by atoms with Crippen molar-refractivity contribution < 1.29 is 36.6 Å². The molecule has 190 valence electrons. The molecule has 0 saturated carbocycles. The van der Waals surface area contributed by atoms with Crippen LogP contribution in [-0.4, -0.2) is 71.0 Å². The lowest BCUT2D eigenvalue weighted by molar-refractivity contribution is -0.274. The molecule has 0 aliphatic carbocycles. The van der Waals surface area contributed by atoms with Gasteiger partial charge in [-0.25, -0.2) is 4.39 Å². The molecule has 2 aromatic heterocycles. The van der Waals surface area contributed by atoms with Crippen molar-refractivity contribution in [3.8, 4) is 16.3 Å². The van der Waals surface area contributed by atoms with E-state index in [1.807, 2.05) is 0 Å². The normalized spacial score (nSPS) is 14.4. The number of morpholine rings is 1. The molecule has 3 heterocycles. The van der Waals surface area contributed by atoms with E-state index >= 15 is 0 Å². The van der Waals surface area contributed by atoms with Crippen molar-refractivity contribution in [2.75, 3.05) is 38.2 Å². The van der Waals surface area contributed by atoms with Crippen LogP contribution in [-0.2, 0) is 16.0 Å². The minimum absolute atomic E-state index is 0.0236. The van der Waals surface area contributed by atoms with E-state index in [0.717, 1.165) is 29.5 Å². The molecule has 1 aliphatic rings. The molecule has 3 aromatic rings. The van der Waals surface area contributed by atoms with Crippen LogP contribution in [0.3, 0.4) is 0 Å². The highest BCUT2D eigenvalue weighted by atomic mass is 32.1. The number of aromatic nitrogens is 3. The summed E-state index contributed by atoms with van der Waals surface area (Å²) in [6, 6.07) is 4.40. The zero-order chi connectivity index (χ0) is 25.7. The first-order chi connectivity index (χ1) is 17.2. The maximum absolute atomic E-state index is 14.0. The summed E-state index contributed by atoms with van der Waals surface area (Å²) < 4.78 is 61.8. The van der Waals surface area contributed by atoms with Gasteiger partial charge < -0.3 is 14.8 Å². The summed E-state index contributed by atoms with van der Waals surface area (Å²) in [6.07, 6.45) is -2.67. The lowest BCUT2D eigenvalue weighted by Gasteiger charge is -2.26. The van der Waals surface area contributed by atoms with Crippen LogP contribution < -0.4 is 10.1 Å². The van der Waals surface area contributed by atoms with Crippen LogP contribution in [0.15, 0.2) is 36.7 Å². The molecule has 1 amide bonds. The predicted molar refractivity (Wildman–Crippen MR) is 120 cm³/mol. The van der Waals surface area contributed by atoms with Crippen LogP contribution in [0, 0.1) is 5.82 Å². The number of carbonyl (C=O) groups is 2. The van der Waals surface area contributed by atoms with E-state index in [9.17, 15) is 27.2 Å². The molecule has 1 aliphatic heterocycles. The lowest BCUT2D eigenvalue weighted by atomic mass is 10.1. The van der Waals surface area contributed by atoms with Gasteiger partial charge in [0.15, 0.2) is 16.5 Å². The number of nitrogens with zero attached hydrogens (tertiary/aromatic N) is 4. The molecule has 9 nitrogen and oxygen atoms in total. The highest BCUT2D eigenvalue weighted by molar-refractivity contribution is 7.14. The van der Waals surface area contributed by atoms with E-state index in [0.29, 0.717) is 26.3 Å². The molecule has 1 aromatic carbocycles. The number of hydrogen-bond acceptors (Lipinski definition) is 9. The van der Waals surface area contributed by atoms with Gasteiger partial charge in [-0.1, -0.05) is 11.3 Å². The number of hydrogen-bond donors (Lipinski definition) is 1. The third kappa shape index (κ3) is 6.80. The number of ketones is 1. The van der Waals surface area contributed by atoms with Gasteiger partial charge in [0, 0.05) is 31.0 Å². The van der Waals surface area contributed by atoms with E-state index < -0.39 is 29.6 Å². The quantitative estimate of drug-likeness (QED) is 0.353. The Morgan fingerprint density at radius 2 is 1.94 bits per heavy atom. The van der Waals surface area contributed by atoms with E-state index in [4.69, 9.17) is 4.74 Å². The molecular weight excluding hydrogens is 506 g/mol. The molecule has 1 saturated heterocycles. The number of rotatable bonds is 8. The van der Waals surface area contributed by atoms with Gasteiger partial charge in [0.1, 0.15) is 10.8 Å². The number of nitrogens with one attached hydrogen (secondary N) is 1. The van der Waals surface area contributed by atoms with E-state index in [-0.39, 0.29) is 39.8 Å². The van der Waals surface area contributed by atoms with Crippen molar-refractivity contribution in [1.29, 1.82) is 0 Å². The SMILES string of the molecule is O=C(CN1CCOCC1)Nc1cc(C(=O)Cc2nnc(-c3cnccc3F)s2)ccc1OC(F)(F)F. The monoisotopic (exact) mass is 525 g/mol. The fourth-order valence-electron chi connectivity index (χ4n) is 3.38. The maximum atomic E-state index is 14.0. The Bertz CT molecular complexity index is 1250. The molecule has 14 heteroatoms. The van der Waals surface area contributed by atoms with Crippen molar-refractivity contribution in [2.45, 2.75) is 12.8 Å². The molecule has 1 N–H and O–H groups in total. The second-order valence-electron chi connectivity index (χ2n) is 7.65. The number of halogens is 4. The van der Waals surface area contributed by atoms with Gasteiger partial charge in [0.2, 0.25) is 5.91 Å². The number of alkyl halides is 3. The second-order valence-corrected chi connectivity index (χ2v) is 8.71. The third-order valence-electron chi connectivity index (χ3n) is 5.05. The van der Waals surface area contributed by atoms with Crippen LogP contribution >= 0.6 is 11.3 Å². The van der Waals surface area contributed by atoms with Gasteiger partial charge in [0.05, 0.1) is 37.4 Å². The number of ether oxygens (including phenoxy) is 2. The van der Waals surface area contributed by atoms with Crippen LogP contribution in [0.5, 0.6) is 5.75 Å². The zero-order valence-electron chi connectivity index (χ0n) is 18.5. The molecule has 0 spiro atoms. The molecular formula is C22H19F4N5O4S. The topological polar surface area (TPSA) is 107 Å². The molecule has 4 rings (SSSR count). The van der Waals surface area contributed by atoms with Gasteiger partial charge in [-0.05, 0) is 24.3 Å². The molecule has 0 unspecified atom stereocenters. The first-order valence-corrected chi connectivity index (χ1v) is 11.4. The smallest absolute Gasteiger partial charge is 0.404 e. The van der Waals surface area contributed by atoms with Gasteiger partial charge in [-0.15, -0.1) is 23.4 Å². The summed E-state index contributed by atoms with van der Waals surface area (Å²) in [6.45, 7) is 1.83. The maximum Gasteiger partial charge on any atom is 0.573 e. The van der Waals surface area contributed by atoms with Crippen LogP contribution in [0.2, 0.25) is 0 Å². The van der Waals surface area contributed by atoms with E-state index in [1.165, 1.54) is 18.5 Å². The summed E-state index contributed by atoms with van der Waals surface area (Å²) in [5.74, 6) is -2.26. The average Bonchev–Trinajstić information content (AvgIpc) is 3.28. The summed E-state index contributed by atoms with van der Waals surface area (Å²) in [5.41, 5.74) is -0.144. The van der Waals surface area contributed by atoms with Gasteiger partial charge >= 0.3 is 6.36 Å². The Morgan fingerprint density at radius 1 is 1.17 bits per heavy atom. The van der Waals surface area contributed by atoms with Gasteiger partial charge in [0.25, 0.3) is 0 Å². The van der Waals surface area contributed by atoms with Gasteiger partial charge in [-0.2, -0.15) is 0 Å². The summed E-state index contributed by atoms with van der Waals surface area (Å²) >= 11 is 0.986. The zero-order valence-corrected chi connectivity index (χ0v) is 19.4. The predicted octanol–water partition coefficient (Wildman–Crippen LogP) is 3.33. The highest BCUT2D eigenvalue weighted by Crippen LogP contribution is 2.32. The van der Waals surface area contributed by atoms with Crippen LogP contribution in [0.4, 0.5) is 23.2 Å². The van der Waals surface area contributed by atoms with Gasteiger partial charge in [-0.3, -0.25) is 19.5 Å². The van der Waals surface area contributed by atoms with E-state index in [2.05, 4.69) is 25.2 Å².